The van der Waals surface area contributed by atoms with Gasteiger partial charge in [0.15, 0.2) is 5.78 Å². The first-order chi connectivity index (χ1) is 9.78. The second kappa shape index (κ2) is 6.06. The van der Waals surface area contributed by atoms with Crippen molar-refractivity contribution in [1.82, 2.24) is 9.80 Å². The fourth-order valence-corrected chi connectivity index (χ4v) is 4.24. The summed E-state index contributed by atoms with van der Waals surface area (Å²) in [6.45, 7) is 5.30. The number of ketones is 1. The average molecular weight is 306 g/mol. The first-order valence-corrected chi connectivity index (χ1v) is 8.68. The summed E-state index contributed by atoms with van der Waals surface area (Å²) in [5.74, 6) is 0.108. The molecule has 0 saturated carbocycles. The van der Waals surface area contributed by atoms with E-state index in [9.17, 15) is 4.79 Å². The summed E-state index contributed by atoms with van der Waals surface area (Å²) in [4.78, 5) is 17.6. The van der Waals surface area contributed by atoms with Gasteiger partial charge < -0.3 is 9.80 Å². The molecule has 0 bridgehead atoms. The predicted octanol–water partition coefficient (Wildman–Crippen LogP) is 3.74. The third-order valence-corrected chi connectivity index (χ3v) is 5.55. The van der Waals surface area contributed by atoms with Crippen LogP contribution in [0.1, 0.15) is 29.4 Å². The van der Waals surface area contributed by atoms with Crippen LogP contribution in [-0.2, 0) is 0 Å². The molecule has 0 aromatic carbocycles. The third-order valence-electron chi connectivity index (χ3n) is 3.54. The summed E-state index contributed by atoms with van der Waals surface area (Å²) in [6, 6.07) is 3.80. The second-order valence-corrected chi connectivity index (χ2v) is 6.86. The Hall–Kier alpha value is -1.20. The van der Waals surface area contributed by atoms with Crippen molar-refractivity contribution in [1.29, 1.82) is 0 Å². The average Bonchev–Trinajstić information content (AvgIpc) is 3.19. The van der Waals surface area contributed by atoms with E-state index in [0.717, 1.165) is 29.5 Å². The molecule has 0 atom stereocenters. The maximum Gasteiger partial charge on any atom is 0.198 e. The molecule has 106 valence electrons. The highest BCUT2D eigenvalue weighted by Gasteiger charge is 2.25. The van der Waals surface area contributed by atoms with Gasteiger partial charge in [-0.1, -0.05) is 17.8 Å². The van der Waals surface area contributed by atoms with Crippen LogP contribution >= 0.6 is 23.1 Å². The van der Waals surface area contributed by atoms with Crippen LogP contribution in [-0.4, -0.2) is 35.2 Å². The zero-order valence-corrected chi connectivity index (χ0v) is 13.2. The zero-order valence-electron chi connectivity index (χ0n) is 11.5. The molecule has 3 nitrogen and oxygen atoms in total. The van der Waals surface area contributed by atoms with Crippen LogP contribution in [0.25, 0.3) is 0 Å². The number of carbonyl (C=O) groups is 1. The van der Waals surface area contributed by atoms with E-state index >= 15 is 0 Å². The summed E-state index contributed by atoms with van der Waals surface area (Å²) >= 11 is 3.22. The molecule has 0 N–H and O–H groups in total. The molecule has 1 aromatic heterocycles. The second-order valence-electron chi connectivity index (χ2n) is 4.87. The van der Waals surface area contributed by atoms with Crippen LogP contribution in [0.5, 0.6) is 0 Å². The Labute approximate surface area is 127 Å². The molecule has 0 spiro atoms. The molecule has 2 aliphatic heterocycles. The summed E-state index contributed by atoms with van der Waals surface area (Å²) in [5, 5.41) is 4.28. The van der Waals surface area contributed by atoms with Gasteiger partial charge in [-0.25, -0.2) is 0 Å². The predicted molar refractivity (Wildman–Crippen MR) is 85.6 cm³/mol. The monoisotopic (exact) mass is 306 g/mol. The van der Waals surface area contributed by atoms with Crippen LogP contribution in [0.3, 0.4) is 0 Å². The highest BCUT2D eigenvalue weighted by Crippen LogP contribution is 2.39. The number of hydrogen-bond donors (Lipinski definition) is 0. The third kappa shape index (κ3) is 2.79. The van der Waals surface area contributed by atoms with E-state index in [-0.39, 0.29) is 5.78 Å². The number of allylic oxidation sites excluding steroid dienone is 1. The number of thiophene rings is 1. The maximum absolute atomic E-state index is 12.2. The van der Waals surface area contributed by atoms with Crippen molar-refractivity contribution in [3.63, 3.8) is 0 Å². The van der Waals surface area contributed by atoms with Crippen molar-refractivity contribution in [2.45, 2.75) is 19.8 Å². The lowest BCUT2D eigenvalue weighted by atomic mass is 10.3. The Morgan fingerprint density at radius 3 is 2.85 bits per heavy atom. The van der Waals surface area contributed by atoms with Crippen LogP contribution in [0.4, 0.5) is 0 Å². The molecule has 0 radical (unpaired) electrons. The first-order valence-electron chi connectivity index (χ1n) is 6.98. The van der Waals surface area contributed by atoms with Crippen molar-refractivity contribution in [3.8, 4) is 0 Å². The lowest BCUT2D eigenvalue weighted by Gasteiger charge is -2.16. The highest BCUT2D eigenvalue weighted by molar-refractivity contribution is 8.06. The van der Waals surface area contributed by atoms with Crippen molar-refractivity contribution in [3.05, 3.63) is 44.7 Å². The fourth-order valence-electron chi connectivity index (χ4n) is 2.43. The van der Waals surface area contributed by atoms with Gasteiger partial charge in [0.25, 0.3) is 0 Å². The van der Waals surface area contributed by atoms with Gasteiger partial charge in [0.05, 0.1) is 14.9 Å². The van der Waals surface area contributed by atoms with E-state index in [1.807, 2.05) is 17.5 Å². The summed E-state index contributed by atoms with van der Waals surface area (Å²) in [7, 11) is 0. The molecule has 1 aromatic rings. The van der Waals surface area contributed by atoms with Crippen molar-refractivity contribution in [2.75, 3.05) is 19.6 Å². The number of likely N-dealkylation sites (tertiary alicyclic amines) is 1. The lowest BCUT2D eigenvalue weighted by molar-refractivity contribution is 0.104. The van der Waals surface area contributed by atoms with Crippen LogP contribution in [0.2, 0.25) is 0 Å². The SMILES string of the molecule is CCN1C=C(N2CCCC2)SC1=CC(=O)c1cccs1. The van der Waals surface area contributed by atoms with Gasteiger partial charge in [0.2, 0.25) is 0 Å². The summed E-state index contributed by atoms with van der Waals surface area (Å²) in [5.41, 5.74) is 0. The Morgan fingerprint density at radius 2 is 2.20 bits per heavy atom. The molecule has 1 fully saturated rings. The van der Waals surface area contributed by atoms with E-state index in [0.29, 0.717) is 0 Å². The Kier molecular flexibility index (Phi) is 4.17. The lowest BCUT2D eigenvalue weighted by Crippen LogP contribution is -2.15. The highest BCUT2D eigenvalue weighted by atomic mass is 32.2. The smallest absolute Gasteiger partial charge is 0.198 e. The summed E-state index contributed by atoms with van der Waals surface area (Å²) in [6.07, 6.45) is 6.51. The normalized spacial score (nSPS) is 20.9. The van der Waals surface area contributed by atoms with Crippen molar-refractivity contribution in [2.24, 2.45) is 0 Å². The molecule has 20 heavy (non-hydrogen) atoms. The van der Waals surface area contributed by atoms with E-state index in [1.54, 1.807) is 17.8 Å². The Bertz CT molecular complexity index is 542. The molecule has 0 amide bonds. The minimum absolute atomic E-state index is 0.108. The molecule has 2 aliphatic rings. The van der Waals surface area contributed by atoms with Crippen LogP contribution < -0.4 is 0 Å². The molecular weight excluding hydrogens is 288 g/mol. The first kappa shape index (κ1) is 13.8. The number of carbonyl (C=O) groups excluding carboxylic acids is 1. The van der Waals surface area contributed by atoms with Gasteiger partial charge in [0.1, 0.15) is 0 Å². The molecular formula is C15H18N2OS2. The number of nitrogens with zero attached hydrogens (tertiary/aromatic N) is 2. The molecule has 3 rings (SSSR count). The molecule has 5 heteroatoms. The minimum Gasteiger partial charge on any atom is -0.365 e. The standard InChI is InChI=1S/C15H18N2OS2/c1-2-16-11-15(17-7-3-4-8-17)20-14(16)10-12(18)13-6-5-9-19-13/h5-6,9-11H,2-4,7-8H2,1H3. The van der Waals surface area contributed by atoms with Crippen molar-refractivity contribution < 1.29 is 4.79 Å². The number of rotatable bonds is 4. The van der Waals surface area contributed by atoms with Gasteiger partial charge in [-0.15, -0.1) is 11.3 Å². The zero-order chi connectivity index (χ0) is 13.9. The summed E-state index contributed by atoms with van der Waals surface area (Å²) < 4.78 is 0. The van der Waals surface area contributed by atoms with E-state index in [2.05, 4.69) is 22.9 Å². The van der Waals surface area contributed by atoms with E-state index in [1.165, 1.54) is 29.2 Å². The van der Waals surface area contributed by atoms with Gasteiger partial charge in [-0.2, -0.15) is 0 Å². The topological polar surface area (TPSA) is 23.6 Å². The van der Waals surface area contributed by atoms with E-state index < -0.39 is 0 Å². The van der Waals surface area contributed by atoms with Gasteiger partial charge in [0, 0.05) is 31.9 Å². The maximum atomic E-state index is 12.2. The number of hydrogen-bond acceptors (Lipinski definition) is 5. The Balaban J connectivity index is 1.75. The molecule has 0 aliphatic carbocycles. The molecule has 3 heterocycles. The Morgan fingerprint density at radius 1 is 1.40 bits per heavy atom. The van der Waals surface area contributed by atoms with Gasteiger partial charge >= 0.3 is 0 Å². The molecule has 1 saturated heterocycles. The van der Waals surface area contributed by atoms with Crippen molar-refractivity contribution >= 4 is 28.9 Å². The molecule has 0 unspecified atom stereocenters. The van der Waals surface area contributed by atoms with Gasteiger partial charge in [-0.3, -0.25) is 4.79 Å². The minimum atomic E-state index is 0.108. The van der Waals surface area contributed by atoms with Gasteiger partial charge in [-0.05, 0) is 31.2 Å². The largest absolute Gasteiger partial charge is 0.365 e. The number of thioether (sulfide) groups is 1. The van der Waals surface area contributed by atoms with Crippen LogP contribution in [0, 0.1) is 0 Å². The fraction of sp³-hybridized carbons (Fsp3) is 0.400. The quantitative estimate of drug-likeness (QED) is 0.624. The van der Waals surface area contributed by atoms with E-state index in [4.69, 9.17) is 0 Å². The van der Waals surface area contributed by atoms with Crippen LogP contribution in [0.15, 0.2) is 39.8 Å².